The molecule has 1 fully saturated rings. The van der Waals surface area contributed by atoms with E-state index in [1.807, 2.05) is 25.1 Å². The molecule has 3 heteroatoms. The molecule has 1 aromatic rings. The van der Waals surface area contributed by atoms with E-state index in [0.717, 1.165) is 17.8 Å². The minimum Gasteiger partial charge on any atom is -0.372 e. The van der Waals surface area contributed by atoms with Gasteiger partial charge in [0.15, 0.2) is 5.78 Å². The average molecular weight is 260 g/mol. The molecule has 0 N–H and O–H groups in total. The van der Waals surface area contributed by atoms with Gasteiger partial charge in [-0.3, -0.25) is 4.79 Å². The van der Waals surface area contributed by atoms with E-state index in [4.69, 9.17) is 0 Å². The molecule has 104 valence electrons. The third-order valence-corrected chi connectivity index (χ3v) is 4.09. The van der Waals surface area contributed by atoms with Gasteiger partial charge in [0.1, 0.15) is 0 Å². The van der Waals surface area contributed by atoms with Crippen LogP contribution in [0.2, 0.25) is 0 Å². The van der Waals surface area contributed by atoms with Gasteiger partial charge in [-0.1, -0.05) is 19.1 Å². The molecule has 0 radical (unpaired) electrons. The number of carbonyl (C=O) groups excluding carboxylic acids is 1. The molecular weight excluding hydrogens is 236 g/mol. The van der Waals surface area contributed by atoms with Gasteiger partial charge >= 0.3 is 0 Å². The third-order valence-electron chi connectivity index (χ3n) is 4.09. The molecule has 1 aliphatic heterocycles. The van der Waals surface area contributed by atoms with Gasteiger partial charge in [0, 0.05) is 37.3 Å². The van der Waals surface area contributed by atoms with Crippen molar-refractivity contribution in [3.8, 4) is 0 Å². The molecule has 1 saturated heterocycles. The molecular formula is C16H24N2O. The van der Waals surface area contributed by atoms with Gasteiger partial charge in [-0.15, -0.1) is 0 Å². The van der Waals surface area contributed by atoms with Crippen molar-refractivity contribution in [2.45, 2.75) is 32.2 Å². The van der Waals surface area contributed by atoms with Crippen molar-refractivity contribution in [3.63, 3.8) is 0 Å². The number of para-hydroxylation sites is 1. The Balaban J connectivity index is 2.14. The van der Waals surface area contributed by atoms with E-state index in [2.05, 4.69) is 30.0 Å². The molecule has 2 rings (SSSR count). The lowest BCUT2D eigenvalue weighted by molar-refractivity contribution is 0.0988. The summed E-state index contributed by atoms with van der Waals surface area (Å²) in [6, 6.07) is 8.56. The maximum absolute atomic E-state index is 12.0. The van der Waals surface area contributed by atoms with Crippen molar-refractivity contribution in [2.75, 3.05) is 32.1 Å². The molecule has 0 amide bonds. The van der Waals surface area contributed by atoms with Crippen LogP contribution in [-0.4, -0.2) is 43.9 Å². The Morgan fingerprint density at radius 1 is 1.42 bits per heavy atom. The Morgan fingerprint density at radius 3 is 2.79 bits per heavy atom. The molecule has 19 heavy (non-hydrogen) atoms. The molecule has 0 bridgehead atoms. The minimum atomic E-state index is 0.224. The lowest BCUT2D eigenvalue weighted by Crippen LogP contribution is -2.37. The summed E-state index contributed by atoms with van der Waals surface area (Å²) >= 11 is 0. The first-order chi connectivity index (χ1) is 9.13. The van der Waals surface area contributed by atoms with Gasteiger partial charge in [0.05, 0.1) is 0 Å². The SMILES string of the molecule is CCC(=O)c1ccccc1N(C)CC1CCCN1C. The number of benzene rings is 1. The van der Waals surface area contributed by atoms with E-state index in [9.17, 15) is 4.79 Å². The molecule has 1 unspecified atom stereocenters. The van der Waals surface area contributed by atoms with Crippen LogP contribution in [0.3, 0.4) is 0 Å². The van der Waals surface area contributed by atoms with E-state index in [0.29, 0.717) is 12.5 Å². The van der Waals surface area contributed by atoms with Crippen LogP contribution in [0.15, 0.2) is 24.3 Å². The van der Waals surface area contributed by atoms with E-state index >= 15 is 0 Å². The quantitative estimate of drug-likeness (QED) is 0.761. The predicted molar refractivity (Wildman–Crippen MR) is 80.0 cm³/mol. The Bertz CT molecular complexity index is 444. The van der Waals surface area contributed by atoms with Gasteiger partial charge in [0.25, 0.3) is 0 Å². The molecule has 0 saturated carbocycles. The Morgan fingerprint density at radius 2 is 2.16 bits per heavy atom. The van der Waals surface area contributed by atoms with Crippen molar-refractivity contribution in [1.29, 1.82) is 0 Å². The zero-order valence-corrected chi connectivity index (χ0v) is 12.2. The fourth-order valence-corrected chi connectivity index (χ4v) is 2.86. The summed E-state index contributed by atoms with van der Waals surface area (Å²) in [7, 11) is 4.28. The number of likely N-dealkylation sites (tertiary alicyclic amines) is 1. The van der Waals surface area contributed by atoms with Crippen LogP contribution in [0.5, 0.6) is 0 Å². The zero-order valence-electron chi connectivity index (χ0n) is 12.2. The first kappa shape index (κ1) is 14.1. The van der Waals surface area contributed by atoms with Crippen molar-refractivity contribution in [3.05, 3.63) is 29.8 Å². The molecule has 0 aliphatic carbocycles. The van der Waals surface area contributed by atoms with Crippen molar-refractivity contribution in [1.82, 2.24) is 4.90 Å². The number of carbonyl (C=O) groups is 1. The molecule has 1 atom stereocenters. The number of anilines is 1. The Hall–Kier alpha value is -1.35. The summed E-state index contributed by atoms with van der Waals surface area (Å²) in [6.07, 6.45) is 3.10. The standard InChI is InChI=1S/C16H24N2O/c1-4-16(19)14-9-5-6-10-15(14)18(3)12-13-8-7-11-17(13)2/h5-6,9-10,13H,4,7-8,11-12H2,1-3H3. The minimum absolute atomic E-state index is 0.224. The highest BCUT2D eigenvalue weighted by Gasteiger charge is 2.23. The largest absolute Gasteiger partial charge is 0.372 e. The first-order valence-corrected chi connectivity index (χ1v) is 7.17. The van der Waals surface area contributed by atoms with E-state index in [-0.39, 0.29) is 5.78 Å². The Kier molecular flexibility index (Phi) is 4.59. The molecule has 0 aromatic heterocycles. The maximum Gasteiger partial charge on any atom is 0.164 e. The van der Waals surface area contributed by atoms with Gasteiger partial charge in [-0.25, -0.2) is 0 Å². The van der Waals surface area contributed by atoms with Crippen molar-refractivity contribution in [2.24, 2.45) is 0 Å². The average Bonchev–Trinajstić information content (AvgIpc) is 2.83. The molecule has 3 nitrogen and oxygen atoms in total. The van der Waals surface area contributed by atoms with Crippen LogP contribution in [-0.2, 0) is 0 Å². The third kappa shape index (κ3) is 3.16. The maximum atomic E-state index is 12.0. The van der Waals surface area contributed by atoms with Gasteiger partial charge in [-0.2, -0.15) is 0 Å². The van der Waals surface area contributed by atoms with E-state index in [1.165, 1.54) is 19.4 Å². The van der Waals surface area contributed by atoms with E-state index in [1.54, 1.807) is 0 Å². The molecule has 1 aliphatic rings. The lowest BCUT2D eigenvalue weighted by Gasteiger charge is -2.28. The van der Waals surface area contributed by atoms with Gasteiger partial charge in [-0.05, 0) is 38.6 Å². The van der Waals surface area contributed by atoms with Crippen LogP contribution in [0.4, 0.5) is 5.69 Å². The lowest BCUT2D eigenvalue weighted by atomic mass is 10.1. The van der Waals surface area contributed by atoms with Gasteiger partial charge in [0.2, 0.25) is 0 Å². The second kappa shape index (κ2) is 6.20. The summed E-state index contributed by atoms with van der Waals surface area (Å²) in [5, 5.41) is 0. The smallest absolute Gasteiger partial charge is 0.164 e. The Labute approximate surface area is 116 Å². The summed E-state index contributed by atoms with van der Waals surface area (Å²) in [5.74, 6) is 0.224. The predicted octanol–water partition coefficient (Wildman–Crippen LogP) is 2.81. The van der Waals surface area contributed by atoms with Crippen LogP contribution in [0.25, 0.3) is 0 Å². The number of rotatable bonds is 5. The second-order valence-corrected chi connectivity index (χ2v) is 5.45. The van der Waals surface area contributed by atoms with Gasteiger partial charge < -0.3 is 9.80 Å². The zero-order chi connectivity index (χ0) is 13.8. The van der Waals surface area contributed by atoms with Crippen LogP contribution in [0.1, 0.15) is 36.5 Å². The highest BCUT2D eigenvalue weighted by molar-refractivity contribution is 6.01. The van der Waals surface area contributed by atoms with Crippen molar-refractivity contribution >= 4 is 11.5 Å². The highest BCUT2D eigenvalue weighted by atomic mass is 16.1. The molecule has 1 aromatic carbocycles. The monoisotopic (exact) mass is 260 g/mol. The number of hydrogen-bond acceptors (Lipinski definition) is 3. The summed E-state index contributed by atoms with van der Waals surface area (Å²) in [6.45, 7) is 4.10. The fraction of sp³-hybridized carbons (Fsp3) is 0.562. The first-order valence-electron chi connectivity index (χ1n) is 7.17. The van der Waals surface area contributed by atoms with Crippen LogP contribution < -0.4 is 4.90 Å². The van der Waals surface area contributed by atoms with Crippen LogP contribution >= 0.6 is 0 Å². The summed E-state index contributed by atoms with van der Waals surface area (Å²) in [5.41, 5.74) is 1.92. The topological polar surface area (TPSA) is 23.6 Å². The number of ketones is 1. The highest BCUT2D eigenvalue weighted by Crippen LogP contribution is 2.23. The summed E-state index contributed by atoms with van der Waals surface area (Å²) < 4.78 is 0. The van der Waals surface area contributed by atoms with Crippen LogP contribution in [0, 0.1) is 0 Å². The number of Topliss-reactive ketones (excluding diaryl/α,β-unsaturated/α-hetero) is 1. The normalized spacial score (nSPS) is 19.6. The molecule has 1 heterocycles. The number of hydrogen-bond donors (Lipinski definition) is 0. The van der Waals surface area contributed by atoms with Crippen molar-refractivity contribution < 1.29 is 4.79 Å². The number of nitrogens with zero attached hydrogens (tertiary/aromatic N) is 2. The molecule has 0 spiro atoms. The second-order valence-electron chi connectivity index (χ2n) is 5.45. The van der Waals surface area contributed by atoms with E-state index < -0.39 is 0 Å². The summed E-state index contributed by atoms with van der Waals surface area (Å²) in [4.78, 5) is 16.7. The fourth-order valence-electron chi connectivity index (χ4n) is 2.86. The number of likely N-dealkylation sites (N-methyl/N-ethyl adjacent to an activating group) is 2.